The van der Waals surface area contributed by atoms with Crippen molar-refractivity contribution < 1.29 is 13.9 Å². The molecule has 1 saturated heterocycles. The maximum atomic E-state index is 12.9. The van der Waals surface area contributed by atoms with E-state index >= 15 is 0 Å². The lowest BCUT2D eigenvalue weighted by Gasteiger charge is -2.39. The van der Waals surface area contributed by atoms with Gasteiger partial charge >= 0.3 is 0 Å². The minimum Gasteiger partial charge on any atom is -0.482 e. The maximum absolute atomic E-state index is 12.9. The van der Waals surface area contributed by atoms with Crippen LogP contribution in [0.4, 0.5) is 4.39 Å². The molecule has 3 nitrogen and oxygen atoms in total. The van der Waals surface area contributed by atoms with Crippen LogP contribution in [0.15, 0.2) is 18.2 Å². The van der Waals surface area contributed by atoms with Crippen molar-refractivity contribution in [3.63, 3.8) is 0 Å². The lowest BCUT2D eigenvalue weighted by Crippen LogP contribution is -2.49. The molecule has 1 amide bonds. The summed E-state index contributed by atoms with van der Waals surface area (Å²) in [5.41, 5.74) is 0. The predicted molar refractivity (Wildman–Crippen MR) is 76.5 cm³/mol. The summed E-state index contributed by atoms with van der Waals surface area (Å²) in [7, 11) is 0. The number of rotatable bonds is 3. The Labute approximate surface area is 123 Å². The highest BCUT2D eigenvalue weighted by Crippen LogP contribution is 2.26. The second-order valence-electron chi connectivity index (χ2n) is 5.29. The monoisotopic (exact) mass is 299 g/mol. The molecule has 5 heteroatoms. The first kappa shape index (κ1) is 15.1. The summed E-state index contributed by atoms with van der Waals surface area (Å²) >= 11 is 5.87. The fourth-order valence-electron chi connectivity index (χ4n) is 2.72. The summed E-state index contributed by atoms with van der Waals surface area (Å²) in [6.45, 7) is 4.04. The van der Waals surface area contributed by atoms with Gasteiger partial charge in [0.1, 0.15) is 11.6 Å². The van der Waals surface area contributed by atoms with Gasteiger partial charge in [0, 0.05) is 12.1 Å². The van der Waals surface area contributed by atoms with Gasteiger partial charge in [-0.3, -0.25) is 4.79 Å². The minimum absolute atomic E-state index is 0.0508. The minimum atomic E-state index is -0.424. The Bertz CT molecular complexity index is 485. The number of amides is 1. The van der Waals surface area contributed by atoms with E-state index in [1.54, 1.807) is 0 Å². The smallest absolute Gasteiger partial charge is 0.260 e. The van der Waals surface area contributed by atoms with E-state index in [0.29, 0.717) is 5.75 Å². The van der Waals surface area contributed by atoms with Crippen molar-refractivity contribution in [1.82, 2.24) is 4.90 Å². The Balaban J connectivity index is 1.97. The zero-order valence-electron chi connectivity index (χ0n) is 11.7. The van der Waals surface area contributed by atoms with Crippen molar-refractivity contribution in [2.45, 2.75) is 45.2 Å². The van der Waals surface area contributed by atoms with Crippen LogP contribution in [0.25, 0.3) is 0 Å². The molecule has 1 aliphatic heterocycles. The molecule has 20 heavy (non-hydrogen) atoms. The molecule has 110 valence electrons. The number of carbonyl (C=O) groups excluding carboxylic acids is 1. The lowest BCUT2D eigenvalue weighted by molar-refractivity contribution is -0.139. The number of ether oxygens (including phenoxy) is 1. The fourth-order valence-corrected chi connectivity index (χ4v) is 2.94. The Hall–Kier alpha value is -1.29. The molecule has 1 aromatic carbocycles. The van der Waals surface area contributed by atoms with Crippen LogP contribution >= 0.6 is 11.6 Å². The van der Waals surface area contributed by atoms with Crippen LogP contribution in [0.5, 0.6) is 5.75 Å². The number of nitrogens with zero attached hydrogens (tertiary/aromatic N) is 1. The van der Waals surface area contributed by atoms with Gasteiger partial charge in [-0.15, -0.1) is 0 Å². The van der Waals surface area contributed by atoms with Crippen molar-refractivity contribution in [2.24, 2.45) is 0 Å². The van der Waals surface area contributed by atoms with Gasteiger partial charge in [0.2, 0.25) is 0 Å². The summed E-state index contributed by atoms with van der Waals surface area (Å²) in [6, 6.07) is 4.34. The van der Waals surface area contributed by atoms with Crippen LogP contribution in [-0.2, 0) is 4.79 Å². The zero-order valence-corrected chi connectivity index (χ0v) is 12.5. The molecule has 0 bridgehead atoms. The van der Waals surface area contributed by atoms with E-state index in [1.807, 2.05) is 4.90 Å². The summed E-state index contributed by atoms with van der Waals surface area (Å²) in [4.78, 5) is 14.1. The summed E-state index contributed by atoms with van der Waals surface area (Å²) < 4.78 is 18.3. The van der Waals surface area contributed by atoms with Crippen molar-refractivity contribution >= 4 is 17.5 Å². The zero-order chi connectivity index (χ0) is 14.7. The number of hydrogen-bond acceptors (Lipinski definition) is 2. The molecule has 0 aliphatic carbocycles. The fraction of sp³-hybridized carbons (Fsp3) is 0.533. The van der Waals surface area contributed by atoms with Crippen molar-refractivity contribution in [2.75, 3.05) is 6.61 Å². The van der Waals surface area contributed by atoms with Crippen LogP contribution in [0.2, 0.25) is 5.02 Å². The van der Waals surface area contributed by atoms with Crippen LogP contribution in [0, 0.1) is 5.82 Å². The molecule has 1 fully saturated rings. The largest absolute Gasteiger partial charge is 0.482 e. The van der Waals surface area contributed by atoms with Crippen LogP contribution in [0.3, 0.4) is 0 Å². The van der Waals surface area contributed by atoms with E-state index in [0.717, 1.165) is 19.3 Å². The first-order chi connectivity index (χ1) is 9.49. The van der Waals surface area contributed by atoms with Gasteiger partial charge in [0.05, 0.1) is 5.02 Å². The van der Waals surface area contributed by atoms with E-state index in [9.17, 15) is 9.18 Å². The molecule has 2 rings (SSSR count). The first-order valence-electron chi connectivity index (χ1n) is 6.88. The quantitative estimate of drug-likeness (QED) is 0.852. The molecule has 0 aromatic heterocycles. The second kappa shape index (κ2) is 6.44. The standard InChI is InChI=1S/C15H19ClFNO2/c1-10-4-3-5-11(2)18(10)15(19)9-20-14-7-6-12(17)8-13(14)16/h6-8,10-11H,3-5,9H2,1-2H3/t10-,11+. The van der Waals surface area contributed by atoms with Gasteiger partial charge < -0.3 is 9.64 Å². The van der Waals surface area contributed by atoms with Gasteiger partial charge in [-0.25, -0.2) is 4.39 Å². The average Bonchev–Trinajstić information content (AvgIpc) is 2.37. The normalized spacial score (nSPS) is 22.7. The lowest BCUT2D eigenvalue weighted by atomic mass is 9.97. The Morgan fingerprint density at radius 1 is 1.40 bits per heavy atom. The highest BCUT2D eigenvalue weighted by atomic mass is 35.5. The van der Waals surface area contributed by atoms with Crippen molar-refractivity contribution in [1.29, 1.82) is 0 Å². The Morgan fingerprint density at radius 3 is 2.65 bits per heavy atom. The number of benzene rings is 1. The number of hydrogen-bond donors (Lipinski definition) is 0. The van der Waals surface area contributed by atoms with Crippen LogP contribution in [0.1, 0.15) is 33.1 Å². The van der Waals surface area contributed by atoms with E-state index in [-0.39, 0.29) is 29.6 Å². The summed E-state index contributed by atoms with van der Waals surface area (Å²) in [5.74, 6) is -0.143. The molecular formula is C15H19ClFNO2. The van der Waals surface area contributed by atoms with Gasteiger partial charge in [-0.1, -0.05) is 11.6 Å². The Morgan fingerprint density at radius 2 is 2.05 bits per heavy atom. The molecule has 0 spiro atoms. The molecule has 1 aliphatic rings. The maximum Gasteiger partial charge on any atom is 0.260 e. The van der Waals surface area contributed by atoms with Gasteiger partial charge in [-0.05, 0) is 51.3 Å². The van der Waals surface area contributed by atoms with Gasteiger partial charge in [0.25, 0.3) is 5.91 Å². The van der Waals surface area contributed by atoms with E-state index in [4.69, 9.17) is 16.3 Å². The van der Waals surface area contributed by atoms with E-state index in [1.165, 1.54) is 18.2 Å². The Kier molecular flexibility index (Phi) is 4.86. The van der Waals surface area contributed by atoms with Crippen molar-refractivity contribution in [3.8, 4) is 5.75 Å². The molecule has 2 atom stereocenters. The third-order valence-electron chi connectivity index (χ3n) is 3.73. The highest BCUT2D eigenvalue weighted by molar-refractivity contribution is 6.32. The van der Waals surface area contributed by atoms with E-state index in [2.05, 4.69) is 13.8 Å². The third kappa shape index (κ3) is 3.42. The molecule has 0 N–H and O–H groups in total. The first-order valence-corrected chi connectivity index (χ1v) is 7.26. The number of piperidine rings is 1. The molecule has 1 heterocycles. The molecule has 0 unspecified atom stereocenters. The number of halogens is 2. The van der Waals surface area contributed by atoms with Gasteiger partial charge in [-0.2, -0.15) is 0 Å². The van der Waals surface area contributed by atoms with Crippen molar-refractivity contribution in [3.05, 3.63) is 29.0 Å². The number of carbonyl (C=O) groups is 1. The molecule has 1 aromatic rings. The van der Waals surface area contributed by atoms with Gasteiger partial charge in [0.15, 0.2) is 6.61 Å². The summed E-state index contributed by atoms with van der Waals surface area (Å²) in [6.07, 6.45) is 3.19. The molecule has 0 radical (unpaired) electrons. The number of likely N-dealkylation sites (tertiary alicyclic amines) is 1. The predicted octanol–water partition coefficient (Wildman–Crippen LogP) is 3.65. The molecular weight excluding hydrogens is 281 g/mol. The molecule has 0 saturated carbocycles. The third-order valence-corrected chi connectivity index (χ3v) is 4.02. The van der Waals surface area contributed by atoms with Crippen LogP contribution < -0.4 is 4.74 Å². The SMILES string of the molecule is C[C@@H]1CCC[C@H](C)N1C(=O)COc1ccc(F)cc1Cl. The van der Waals surface area contributed by atoms with E-state index < -0.39 is 5.82 Å². The van der Waals surface area contributed by atoms with Crippen LogP contribution in [-0.4, -0.2) is 29.5 Å². The second-order valence-corrected chi connectivity index (χ2v) is 5.70. The average molecular weight is 300 g/mol. The summed E-state index contributed by atoms with van der Waals surface area (Å²) in [5, 5.41) is 0.178. The highest BCUT2D eigenvalue weighted by Gasteiger charge is 2.29. The topological polar surface area (TPSA) is 29.5 Å².